The molecule has 0 bridgehead atoms. The zero-order chi connectivity index (χ0) is 19.4. The van der Waals surface area contributed by atoms with Crippen molar-refractivity contribution in [3.05, 3.63) is 64.3 Å². The third kappa shape index (κ3) is 5.17. The summed E-state index contributed by atoms with van der Waals surface area (Å²) in [7, 11) is 0. The third-order valence-corrected chi connectivity index (χ3v) is 4.75. The van der Waals surface area contributed by atoms with Crippen molar-refractivity contribution < 1.29 is 49.2 Å². The van der Waals surface area contributed by atoms with Crippen molar-refractivity contribution in [1.82, 2.24) is 4.57 Å². The van der Waals surface area contributed by atoms with Crippen LogP contribution in [0.25, 0.3) is 10.9 Å². The van der Waals surface area contributed by atoms with E-state index in [1.165, 1.54) is 0 Å². The first-order valence-electron chi connectivity index (χ1n) is 8.73. The van der Waals surface area contributed by atoms with Crippen LogP contribution in [0, 0.1) is 6.92 Å². The van der Waals surface area contributed by atoms with Gasteiger partial charge in [-0.25, -0.2) is 0 Å². The normalized spacial score (nSPS) is 10.7. The van der Waals surface area contributed by atoms with E-state index in [0.29, 0.717) is 23.7 Å². The number of ketones is 1. The molecule has 0 aliphatic rings. The summed E-state index contributed by atoms with van der Waals surface area (Å²) in [6, 6.07) is 13.5. The molecule has 2 aromatic carbocycles. The van der Waals surface area contributed by atoms with Crippen molar-refractivity contribution in [3.63, 3.8) is 0 Å². The van der Waals surface area contributed by atoms with Crippen LogP contribution >= 0.6 is 11.6 Å². The number of hydrogen-bond acceptors (Lipinski definition) is 4. The Morgan fingerprint density at radius 1 is 1.18 bits per heavy atom. The average Bonchev–Trinajstić information content (AvgIpc) is 2.88. The summed E-state index contributed by atoms with van der Waals surface area (Å²) in [6.45, 7) is 4.33. The van der Waals surface area contributed by atoms with E-state index >= 15 is 0 Å². The number of aromatic nitrogens is 1. The summed E-state index contributed by atoms with van der Waals surface area (Å²) in [5.41, 5.74) is 4.00. The molecule has 3 aromatic rings. The van der Waals surface area contributed by atoms with Crippen LogP contribution in [0.2, 0.25) is 5.02 Å². The van der Waals surface area contributed by atoms with Crippen LogP contribution < -0.4 is 39.6 Å². The van der Waals surface area contributed by atoms with Crippen LogP contribution in [0.5, 0.6) is 5.75 Å². The zero-order valence-corrected chi connectivity index (χ0v) is 19.1. The van der Waals surface area contributed by atoms with Crippen molar-refractivity contribution in [2.75, 3.05) is 13.2 Å². The van der Waals surface area contributed by atoms with Crippen LogP contribution in [-0.2, 0) is 22.6 Å². The molecular weight excluding hydrogens is 389 g/mol. The molecular formula is C21H21ClNNaO4. The smallest absolute Gasteiger partial charge is 0.723 e. The topological polar surface area (TPSA) is 63.5 Å². The van der Waals surface area contributed by atoms with Gasteiger partial charge in [0, 0.05) is 29.1 Å². The summed E-state index contributed by atoms with van der Waals surface area (Å²) in [5.74, 6) is 0.728. The maximum atomic E-state index is 11.9. The van der Waals surface area contributed by atoms with E-state index in [1.807, 2.05) is 49.4 Å². The third-order valence-electron chi connectivity index (χ3n) is 4.52. The molecule has 28 heavy (non-hydrogen) atoms. The Balaban J connectivity index is 0.00000280. The van der Waals surface area contributed by atoms with Crippen LogP contribution in [0.15, 0.2) is 42.5 Å². The number of Topliss-reactive ketones (excluding diaryl/α,β-unsaturated/α-hetero) is 1. The van der Waals surface area contributed by atoms with Crippen molar-refractivity contribution in [1.29, 1.82) is 0 Å². The predicted molar refractivity (Wildman–Crippen MR) is 103 cm³/mol. The van der Waals surface area contributed by atoms with Crippen molar-refractivity contribution in [3.8, 4) is 5.75 Å². The minimum atomic E-state index is -0.0410. The molecule has 0 atom stereocenters. The van der Waals surface area contributed by atoms with Gasteiger partial charge < -0.3 is 19.4 Å². The summed E-state index contributed by atoms with van der Waals surface area (Å²) >= 11 is 6.13. The summed E-state index contributed by atoms with van der Waals surface area (Å²) in [6.07, 6.45) is 0.323. The molecule has 0 radical (unpaired) electrons. The van der Waals surface area contributed by atoms with E-state index in [4.69, 9.17) is 16.3 Å². The largest absolute Gasteiger partial charge is 1.00 e. The number of benzene rings is 2. The number of rotatable bonds is 8. The van der Waals surface area contributed by atoms with Gasteiger partial charge in [-0.3, -0.25) is 4.79 Å². The number of fused-ring (bicyclic) bond motifs is 1. The second-order valence-electron chi connectivity index (χ2n) is 6.48. The van der Waals surface area contributed by atoms with Gasteiger partial charge in [-0.05, 0) is 49.2 Å². The number of carbonyl (C=O) groups excluding carboxylic acids is 1. The quantitative estimate of drug-likeness (QED) is 0.235. The number of hydrogen-bond donors (Lipinski definition) is 0. The second kappa shape index (κ2) is 10.4. The molecule has 1 aromatic heterocycles. The van der Waals surface area contributed by atoms with Gasteiger partial charge in [-0.1, -0.05) is 29.8 Å². The van der Waals surface area contributed by atoms with Crippen molar-refractivity contribution >= 4 is 28.3 Å². The van der Waals surface area contributed by atoms with E-state index in [0.717, 1.165) is 27.7 Å². The maximum absolute atomic E-state index is 11.9. The molecule has 5 nitrogen and oxygen atoms in total. The van der Waals surface area contributed by atoms with E-state index < -0.39 is 0 Å². The molecule has 0 fully saturated rings. The molecule has 0 aliphatic carbocycles. The maximum Gasteiger partial charge on any atom is 1.00 e. The van der Waals surface area contributed by atoms with Gasteiger partial charge in [0.05, 0.1) is 12.1 Å². The monoisotopic (exact) mass is 409 g/mol. The fourth-order valence-corrected chi connectivity index (χ4v) is 3.58. The Hall–Kier alpha value is -1.34. The van der Waals surface area contributed by atoms with E-state index in [-0.39, 0.29) is 48.6 Å². The van der Waals surface area contributed by atoms with Crippen LogP contribution in [0.4, 0.5) is 0 Å². The molecule has 7 heteroatoms. The molecule has 0 saturated heterocycles. The van der Waals surface area contributed by atoms with Gasteiger partial charge in [0.1, 0.15) is 18.1 Å². The molecule has 0 aliphatic heterocycles. The fraction of sp³-hybridized carbons (Fsp3) is 0.286. The van der Waals surface area contributed by atoms with Crippen LogP contribution in [0.1, 0.15) is 23.7 Å². The fourth-order valence-electron chi connectivity index (χ4n) is 3.37. The average molecular weight is 410 g/mol. The minimum absolute atomic E-state index is 0. The summed E-state index contributed by atoms with van der Waals surface area (Å²) < 4.78 is 7.91. The second-order valence-corrected chi connectivity index (χ2v) is 6.92. The molecule has 142 valence electrons. The number of nitrogens with zero attached hydrogens (tertiary/aromatic N) is 1. The van der Waals surface area contributed by atoms with Gasteiger partial charge in [-0.15, -0.1) is 0 Å². The van der Waals surface area contributed by atoms with E-state index in [2.05, 4.69) is 9.45 Å². The van der Waals surface area contributed by atoms with E-state index in [1.54, 1.807) is 6.92 Å². The van der Waals surface area contributed by atoms with Gasteiger partial charge >= 0.3 is 29.6 Å². The number of halogens is 1. The molecule has 1 heterocycles. The molecule has 0 amide bonds. The standard InChI is InChI=1S/C21H22ClNO4.Na/c1-14(24)11-18-15(2)23(13-16-5-3-6-17(22)12-16)19-7-4-8-20(21(18)19)26-9-10-27-25;/h3-8,12,25H,9-11,13H2,1-2H3;/q;+1/p-1. The van der Waals surface area contributed by atoms with Crippen LogP contribution in [0.3, 0.4) is 0 Å². The van der Waals surface area contributed by atoms with Crippen molar-refractivity contribution in [2.45, 2.75) is 26.8 Å². The van der Waals surface area contributed by atoms with Gasteiger partial charge in [-0.2, -0.15) is 0 Å². The summed E-state index contributed by atoms with van der Waals surface area (Å²) in [5, 5.41) is 11.8. The molecule has 0 unspecified atom stereocenters. The minimum Gasteiger partial charge on any atom is -0.723 e. The Morgan fingerprint density at radius 2 is 1.93 bits per heavy atom. The van der Waals surface area contributed by atoms with E-state index in [9.17, 15) is 10.1 Å². The van der Waals surface area contributed by atoms with Gasteiger partial charge in [0.15, 0.2) is 0 Å². The Morgan fingerprint density at radius 3 is 2.61 bits per heavy atom. The molecule has 0 N–H and O–H groups in total. The Kier molecular flexibility index (Phi) is 8.56. The SMILES string of the molecule is CC(=O)Cc1c(C)n(Cc2cccc(Cl)c2)c2cccc(OCCO[O-])c12.[Na+]. The molecule has 0 spiro atoms. The predicted octanol–water partition coefficient (Wildman–Crippen LogP) is 0.458. The summed E-state index contributed by atoms with van der Waals surface area (Å²) in [4.78, 5) is 15.7. The first kappa shape index (κ1) is 22.9. The molecule has 0 saturated carbocycles. The Labute approximate surface area is 191 Å². The number of ether oxygens (including phenoxy) is 1. The van der Waals surface area contributed by atoms with Gasteiger partial charge in [0.25, 0.3) is 0 Å². The molecule has 3 rings (SSSR count). The van der Waals surface area contributed by atoms with Crippen LogP contribution in [-0.4, -0.2) is 23.6 Å². The first-order chi connectivity index (χ1) is 13.0. The zero-order valence-electron chi connectivity index (χ0n) is 16.3. The van der Waals surface area contributed by atoms with Crippen molar-refractivity contribution in [2.24, 2.45) is 0 Å². The first-order valence-corrected chi connectivity index (χ1v) is 9.11. The van der Waals surface area contributed by atoms with Gasteiger partial charge in [0.2, 0.25) is 0 Å². The number of carbonyl (C=O) groups is 1. The Bertz CT molecular complexity index is 970.